The minimum absolute atomic E-state index is 0.326. The van der Waals surface area contributed by atoms with E-state index in [0.29, 0.717) is 26.4 Å². The first-order chi connectivity index (χ1) is 8.58. The van der Waals surface area contributed by atoms with E-state index in [1.807, 2.05) is 6.07 Å². The van der Waals surface area contributed by atoms with Crippen LogP contribution in [0.15, 0.2) is 47.4 Å². The number of hydrogen-bond donors (Lipinski definition) is 1. The van der Waals surface area contributed by atoms with Gasteiger partial charge in [-0.15, -0.1) is 0 Å². The molecule has 2 nitrogen and oxygen atoms in total. The number of anilines is 1. The van der Waals surface area contributed by atoms with Gasteiger partial charge < -0.3 is 5.73 Å². The van der Waals surface area contributed by atoms with Crippen LogP contribution in [-0.2, 0) is 16.6 Å². The molecule has 94 valence electrons. The molecule has 0 saturated carbocycles. The highest BCUT2D eigenvalue weighted by Crippen LogP contribution is 2.24. The van der Waals surface area contributed by atoms with E-state index >= 15 is 0 Å². The Morgan fingerprint density at radius 1 is 1.11 bits per heavy atom. The second-order valence-electron chi connectivity index (χ2n) is 3.76. The molecular weight excluding hydrogens is 289 g/mol. The Morgan fingerprint density at radius 3 is 2.50 bits per heavy atom. The molecule has 0 amide bonds. The van der Waals surface area contributed by atoms with Crippen LogP contribution in [0.5, 0.6) is 0 Å². The van der Waals surface area contributed by atoms with Crippen molar-refractivity contribution in [3.8, 4) is 0 Å². The summed E-state index contributed by atoms with van der Waals surface area (Å²) in [4.78, 5) is 0.619. The maximum Gasteiger partial charge on any atom is 0.0590 e. The first-order valence-corrected chi connectivity index (χ1v) is 7.32. The van der Waals surface area contributed by atoms with Gasteiger partial charge in [0, 0.05) is 10.7 Å². The van der Waals surface area contributed by atoms with Gasteiger partial charge >= 0.3 is 0 Å². The average molecular weight is 300 g/mol. The molecule has 2 rings (SSSR count). The molecule has 18 heavy (non-hydrogen) atoms. The minimum Gasteiger partial charge on any atom is -0.398 e. The number of nitrogen functional groups attached to an aromatic ring is 1. The molecular formula is C13H11Cl2NOS. The van der Waals surface area contributed by atoms with Gasteiger partial charge in [-0.05, 0) is 29.8 Å². The highest BCUT2D eigenvalue weighted by molar-refractivity contribution is 7.84. The highest BCUT2D eigenvalue weighted by atomic mass is 35.5. The lowest BCUT2D eigenvalue weighted by molar-refractivity contribution is 0.682. The topological polar surface area (TPSA) is 43.1 Å². The Bertz CT molecular complexity index is 601. The van der Waals surface area contributed by atoms with Gasteiger partial charge in [-0.25, -0.2) is 0 Å². The van der Waals surface area contributed by atoms with Crippen LogP contribution >= 0.6 is 23.2 Å². The summed E-state index contributed by atoms with van der Waals surface area (Å²) in [6, 6.07) is 12.3. The van der Waals surface area contributed by atoms with E-state index in [4.69, 9.17) is 28.9 Å². The molecule has 2 aromatic rings. The summed E-state index contributed by atoms with van der Waals surface area (Å²) in [5.74, 6) is 0.326. The first-order valence-electron chi connectivity index (χ1n) is 5.25. The molecule has 0 saturated heterocycles. The van der Waals surface area contributed by atoms with Crippen molar-refractivity contribution in [3.63, 3.8) is 0 Å². The Morgan fingerprint density at radius 2 is 1.83 bits per heavy atom. The van der Waals surface area contributed by atoms with Crippen LogP contribution in [0.3, 0.4) is 0 Å². The van der Waals surface area contributed by atoms with Crippen molar-refractivity contribution in [1.82, 2.24) is 0 Å². The van der Waals surface area contributed by atoms with Crippen LogP contribution in [0.4, 0.5) is 5.69 Å². The number of nitrogens with two attached hydrogens (primary N) is 1. The third-order valence-electron chi connectivity index (χ3n) is 2.48. The van der Waals surface area contributed by atoms with Crippen molar-refractivity contribution in [3.05, 3.63) is 58.1 Å². The monoisotopic (exact) mass is 299 g/mol. The van der Waals surface area contributed by atoms with E-state index in [1.54, 1.807) is 36.4 Å². The van der Waals surface area contributed by atoms with Crippen molar-refractivity contribution in [2.24, 2.45) is 0 Å². The van der Waals surface area contributed by atoms with Crippen LogP contribution in [0.2, 0.25) is 10.0 Å². The summed E-state index contributed by atoms with van der Waals surface area (Å²) < 4.78 is 12.2. The van der Waals surface area contributed by atoms with Crippen molar-refractivity contribution in [1.29, 1.82) is 0 Å². The zero-order chi connectivity index (χ0) is 13.1. The lowest BCUT2D eigenvalue weighted by Crippen LogP contribution is -2.01. The van der Waals surface area contributed by atoms with E-state index in [0.717, 1.165) is 5.56 Å². The van der Waals surface area contributed by atoms with E-state index in [1.165, 1.54) is 0 Å². The summed E-state index contributed by atoms with van der Waals surface area (Å²) in [6.45, 7) is 0. The predicted molar refractivity (Wildman–Crippen MR) is 77.4 cm³/mol. The zero-order valence-electron chi connectivity index (χ0n) is 9.40. The van der Waals surface area contributed by atoms with E-state index in [-0.39, 0.29) is 0 Å². The van der Waals surface area contributed by atoms with Crippen LogP contribution in [0.25, 0.3) is 0 Å². The molecule has 0 heterocycles. The number of hydrogen-bond acceptors (Lipinski definition) is 2. The Hall–Kier alpha value is -1.03. The molecule has 1 unspecified atom stereocenters. The molecule has 2 N–H and O–H groups in total. The van der Waals surface area contributed by atoms with Crippen molar-refractivity contribution >= 4 is 39.7 Å². The van der Waals surface area contributed by atoms with Crippen LogP contribution < -0.4 is 5.73 Å². The maximum absolute atomic E-state index is 12.2. The van der Waals surface area contributed by atoms with Crippen LogP contribution in [0, 0.1) is 0 Å². The summed E-state index contributed by atoms with van der Waals surface area (Å²) in [5.41, 5.74) is 7.18. The highest BCUT2D eigenvalue weighted by Gasteiger charge is 2.10. The number of rotatable bonds is 3. The summed E-state index contributed by atoms with van der Waals surface area (Å²) >= 11 is 11.8. The molecule has 0 aliphatic heterocycles. The molecule has 0 bridgehead atoms. The number of halogens is 2. The molecule has 5 heteroatoms. The quantitative estimate of drug-likeness (QED) is 0.874. The van der Waals surface area contributed by atoms with Gasteiger partial charge in [0.25, 0.3) is 0 Å². The second-order valence-corrected chi connectivity index (χ2v) is 6.03. The number of benzene rings is 2. The molecule has 2 aromatic carbocycles. The smallest absolute Gasteiger partial charge is 0.0590 e. The van der Waals surface area contributed by atoms with Gasteiger partial charge in [-0.2, -0.15) is 0 Å². The largest absolute Gasteiger partial charge is 0.398 e. The standard InChI is InChI=1S/C13H11Cl2NOS/c14-10-6-5-9(12(16)7-10)8-18(17)13-4-2-1-3-11(13)15/h1-7H,8,16H2. The summed E-state index contributed by atoms with van der Waals surface area (Å²) in [6.07, 6.45) is 0. The lowest BCUT2D eigenvalue weighted by Gasteiger charge is -2.07. The third kappa shape index (κ3) is 3.05. The van der Waals surface area contributed by atoms with Crippen molar-refractivity contribution in [2.45, 2.75) is 10.6 Å². The molecule has 0 spiro atoms. The summed E-state index contributed by atoms with van der Waals surface area (Å²) in [5, 5.41) is 1.07. The van der Waals surface area contributed by atoms with E-state index < -0.39 is 10.8 Å². The molecule has 1 atom stereocenters. The van der Waals surface area contributed by atoms with Crippen molar-refractivity contribution < 1.29 is 4.21 Å². The van der Waals surface area contributed by atoms with Gasteiger partial charge in [0.15, 0.2) is 0 Å². The summed E-state index contributed by atoms with van der Waals surface area (Å²) in [7, 11) is -1.22. The Kier molecular flexibility index (Phi) is 4.27. The van der Waals surface area contributed by atoms with E-state index in [2.05, 4.69) is 0 Å². The molecule has 0 fully saturated rings. The van der Waals surface area contributed by atoms with E-state index in [9.17, 15) is 4.21 Å². The molecule has 0 aliphatic carbocycles. The molecule has 0 aliphatic rings. The average Bonchev–Trinajstić information content (AvgIpc) is 2.33. The zero-order valence-corrected chi connectivity index (χ0v) is 11.7. The van der Waals surface area contributed by atoms with Crippen LogP contribution in [0.1, 0.15) is 5.56 Å². The molecule has 0 radical (unpaired) electrons. The third-order valence-corrected chi connectivity index (χ3v) is 4.57. The normalized spacial score (nSPS) is 12.3. The van der Waals surface area contributed by atoms with Gasteiger partial charge in [-0.1, -0.05) is 41.4 Å². The van der Waals surface area contributed by atoms with Gasteiger partial charge in [0.05, 0.1) is 26.5 Å². The lowest BCUT2D eigenvalue weighted by atomic mass is 10.2. The first kappa shape index (κ1) is 13.4. The van der Waals surface area contributed by atoms with Gasteiger partial charge in [0.2, 0.25) is 0 Å². The maximum atomic E-state index is 12.2. The van der Waals surface area contributed by atoms with Crippen molar-refractivity contribution in [2.75, 3.05) is 5.73 Å². The second kappa shape index (κ2) is 5.74. The fourth-order valence-electron chi connectivity index (χ4n) is 1.55. The van der Waals surface area contributed by atoms with Crippen LogP contribution in [-0.4, -0.2) is 4.21 Å². The SMILES string of the molecule is Nc1cc(Cl)ccc1CS(=O)c1ccccc1Cl. The van der Waals surface area contributed by atoms with Gasteiger partial charge in [-0.3, -0.25) is 4.21 Å². The Balaban J connectivity index is 2.24. The molecule has 0 aromatic heterocycles. The van der Waals surface area contributed by atoms with Gasteiger partial charge in [0.1, 0.15) is 0 Å². The minimum atomic E-state index is -1.22. The predicted octanol–water partition coefficient (Wildman–Crippen LogP) is 3.88. The Labute approximate surface area is 118 Å². The fraction of sp³-hybridized carbons (Fsp3) is 0.0769. The fourth-order valence-corrected chi connectivity index (χ4v) is 3.34.